The molecule has 0 saturated carbocycles. The van der Waals surface area contributed by atoms with Crippen molar-refractivity contribution in [3.05, 3.63) is 40.6 Å². The van der Waals surface area contributed by atoms with E-state index in [1.54, 1.807) is 6.20 Å². The van der Waals surface area contributed by atoms with Crippen molar-refractivity contribution < 1.29 is 0 Å². The van der Waals surface area contributed by atoms with Crippen LogP contribution < -0.4 is 0 Å². The Kier molecular flexibility index (Phi) is 2.83. The van der Waals surface area contributed by atoms with Crippen LogP contribution in [-0.2, 0) is 6.42 Å². The molecule has 11 heavy (non-hydrogen) atoms. The first-order chi connectivity index (χ1) is 5.18. The molecule has 1 heterocycles. The molecule has 2 heteroatoms. The maximum Gasteiger partial charge on any atom is 0.0444 e. The molecular weight excluding hydrogens is 202 g/mol. The zero-order valence-electron chi connectivity index (χ0n) is 6.47. The summed E-state index contributed by atoms with van der Waals surface area (Å²) < 4.78 is 1.02. The lowest BCUT2D eigenvalue weighted by atomic mass is 10.2. The molecule has 0 aliphatic carbocycles. The van der Waals surface area contributed by atoms with Gasteiger partial charge in [0, 0.05) is 22.8 Å². The second-order valence-corrected chi connectivity index (χ2v) is 3.52. The van der Waals surface area contributed by atoms with E-state index in [1.165, 1.54) is 0 Å². The zero-order valence-corrected chi connectivity index (χ0v) is 8.06. The van der Waals surface area contributed by atoms with E-state index in [9.17, 15) is 0 Å². The van der Waals surface area contributed by atoms with Crippen LogP contribution in [0.4, 0.5) is 0 Å². The minimum absolute atomic E-state index is 0.868. The van der Waals surface area contributed by atoms with Crippen LogP contribution in [0.2, 0.25) is 0 Å². The first-order valence-corrected chi connectivity index (χ1v) is 4.22. The lowest BCUT2D eigenvalue weighted by Gasteiger charge is -1.98. The number of allylic oxidation sites excluding steroid dienone is 1. The van der Waals surface area contributed by atoms with Crippen molar-refractivity contribution in [1.82, 2.24) is 4.98 Å². The smallest absolute Gasteiger partial charge is 0.0444 e. The largest absolute Gasteiger partial charge is 0.260 e. The number of pyridine rings is 1. The molecule has 1 rings (SSSR count). The van der Waals surface area contributed by atoms with Crippen LogP contribution in [0.25, 0.3) is 0 Å². The predicted molar refractivity (Wildman–Crippen MR) is 50.5 cm³/mol. The number of nitrogens with zero attached hydrogens (tertiary/aromatic N) is 1. The molecule has 0 radical (unpaired) electrons. The van der Waals surface area contributed by atoms with Crippen molar-refractivity contribution in [3.63, 3.8) is 0 Å². The molecule has 0 amide bonds. The van der Waals surface area contributed by atoms with Crippen molar-refractivity contribution >= 4 is 15.9 Å². The van der Waals surface area contributed by atoms with Crippen molar-refractivity contribution in [3.8, 4) is 0 Å². The van der Waals surface area contributed by atoms with Gasteiger partial charge < -0.3 is 0 Å². The van der Waals surface area contributed by atoms with Crippen LogP contribution in [0.1, 0.15) is 12.6 Å². The van der Waals surface area contributed by atoms with Gasteiger partial charge in [-0.05, 0) is 35.0 Å². The third kappa shape index (κ3) is 2.85. The zero-order chi connectivity index (χ0) is 8.27. The number of hydrogen-bond acceptors (Lipinski definition) is 1. The average Bonchev–Trinajstić information content (AvgIpc) is 1.93. The van der Waals surface area contributed by atoms with Crippen molar-refractivity contribution in [1.29, 1.82) is 0 Å². The second-order valence-electron chi connectivity index (χ2n) is 2.60. The predicted octanol–water partition coefficient (Wildman–Crippen LogP) is 2.96. The fourth-order valence-electron chi connectivity index (χ4n) is 0.820. The van der Waals surface area contributed by atoms with Gasteiger partial charge in [-0.1, -0.05) is 12.2 Å². The normalized spacial score (nSPS) is 9.64. The fourth-order valence-corrected chi connectivity index (χ4v) is 1.05. The summed E-state index contributed by atoms with van der Waals surface area (Å²) in [6.07, 6.45) is 2.67. The van der Waals surface area contributed by atoms with Gasteiger partial charge in [-0.25, -0.2) is 0 Å². The van der Waals surface area contributed by atoms with Gasteiger partial charge in [0.2, 0.25) is 0 Å². The van der Waals surface area contributed by atoms with Gasteiger partial charge in [0.1, 0.15) is 0 Å². The summed E-state index contributed by atoms with van der Waals surface area (Å²) in [4.78, 5) is 4.21. The molecule has 0 saturated heterocycles. The Morgan fingerprint density at radius 1 is 1.64 bits per heavy atom. The van der Waals surface area contributed by atoms with E-state index in [2.05, 4.69) is 27.5 Å². The SMILES string of the molecule is C=C(C)Cc1ccc(Br)cn1. The maximum atomic E-state index is 4.21. The van der Waals surface area contributed by atoms with Crippen LogP contribution in [-0.4, -0.2) is 4.98 Å². The Balaban J connectivity index is 2.74. The Morgan fingerprint density at radius 2 is 2.36 bits per heavy atom. The summed E-state index contributed by atoms with van der Waals surface area (Å²) in [5, 5.41) is 0. The van der Waals surface area contributed by atoms with E-state index in [-0.39, 0.29) is 0 Å². The topological polar surface area (TPSA) is 12.9 Å². The second kappa shape index (κ2) is 3.67. The molecule has 0 spiro atoms. The van der Waals surface area contributed by atoms with Gasteiger partial charge >= 0.3 is 0 Å². The molecule has 0 unspecified atom stereocenters. The Hall–Kier alpha value is -0.630. The quantitative estimate of drug-likeness (QED) is 0.686. The monoisotopic (exact) mass is 211 g/mol. The lowest BCUT2D eigenvalue weighted by molar-refractivity contribution is 1.05. The van der Waals surface area contributed by atoms with E-state index in [0.29, 0.717) is 0 Å². The lowest BCUT2D eigenvalue weighted by Crippen LogP contribution is -1.88. The summed E-state index contributed by atoms with van der Waals surface area (Å²) in [6, 6.07) is 3.99. The van der Waals surface area contributed by atoms with Crippen LogP contribution in [0.5, 0.6) is 0 Å². The van der Waals surface area contributed by atoms with Gasteiger partial charge in [0.05, 0.1) is 0 Å². The molecule has 0 bridgehead atoms. The summed E-state index contributed by atoms with van der Waals surface area (Å²) in [7, 11) is 0. The molecule has 58 valence electrons. The minimum atomic E-state index is 0.868. The number of aromatic nitrogens is 1. The van der Waals surface area contributed by atoms with E-state index in [4.69, 9.17) is 0 Å². The molecule has 1 aromatic heterocycles. The highest BCUT2D eigenvalue weighted by Crippen LogP contribution is 2.09. The molecule has 0 aliphatic rings. The van der Waals surface area contributed by atoms with Crippen LogP contribution in [0.3, 0.4) is 0 Å². The molecule has 0 aliphatic heterocycles. The molecule has 0 aromatic carbocycles. The highest BCUT2D eigenvalue weighted by molar-refractivity contribution is 9.10. The summed E-state index contributed by atoms with van der Waals surface area (Å²) in [5.74, 6) is 0. The highest BCUT2D eigenvalue weighted by atomic mass is 79.9. The fraction of sp³-hybridized carbons (Fsp3) is 0.222. The van der Waals surface area contributed by atoms with Crippen molar-refractivity contribution in [2.75, 3.05) is 0 Å². The third-order valence-corrected chi connectivity index (χ3v) is 1.74. The first kappa shape index (κ1) is 8.47. The Bertz CT molecular complexity index is 251. The third-order valence-electron chi connectivity index (χ3n) is 1.27. The summed E-state index contributed by atoms with van der Waals surface area (Å²) in [6.45, 7) is 5.82. The van der Waals surface area contributed by atoms with Gasteiger partial charge in [-0.15, -0.1) is 0 Å². The Labute approximate surface area is 75.3 Å². The molecule has 1 nitrogen and oxygen atoms in total. The molecule has 0 atom stereocenters. The van der Waals surface area contributed by atoms with Crippen LogP contribution in [0, 0.1) is 0 Å². The molecular formula is C9H10BrN. The first-order valence-electron chi connectivity index (χ1n) is 3.43. The standard InChI is InChI=1S/C9H10BrN/c1-7(2)5-9-4-3-8(10)6-11-9/h3-4,6H,1,5H2,2H3. The molecule has 0 fully saturated rings. The molecule has 0 N–H and O–H groups in total. The van der Waals surface area contributed by atoms with Crippen LogP contribution in [0.15, 0.2) is 35.0 Å². The Morgan fingerprint density at radius 3 is 2.82 bits per heavy atom. The van der Waals surface area contributed by atoms with Gasteiger partial charge in [0.25, 0.3) is 0 Å². The van der Waals surface area contributed by atoms with Gasteiger partial charge in [-0.2, -0.15) is 0 Å². The van der Waals surface area contributed by atoms with E-state index < -0.39 is 0 Å². The van der Waals surface area contributed by atoms with E-state index >= 15 is 0 Å². The number of hydrogen-bond donors (Lipinski definition) is 0. The summed E-state index contributed by atoms with van der Waals surface area (Å²) >= 11 is 3.33. The van der Waals surface area contributed by atoms with Gasteiger partial charge in [0.15, 0.2) is 0 Å². The number of rotatable bonds is 2. The maximum absolute atomic E-state index is 4.21. The summed E-state index contributed by atoms with van der Waals surface area (Å²) in [5.41, 5.74) is 2.21. The molecule has 1 aromatic rings. The average molecular weight is 212 g/mol. The van der Waals surface area contributed by atoms with Crippen molar-refractivity contribution in [2.45, 2.75) is 13.3 Å². The van der Waals surface area contributed by atoms with Gasteiger partial charge in [-0.3, -0.25) is 4.98 Å². The minimum Gasteiger partial charge on any atom is -0.260 e. The van der Waals surface area contributed by atoms with Crippen molar-refractivity contribution in [2.24, 2.45) is 0 Å². The van der Waals surface area contributed by atoms with Crippen LogP contribution >= 0.6 is 15.9 Å². The highest BCUT2D eigenvalue weighted by Gasteiger charge is 1.93. The number of halogens is 1. The van der Waals surface area contributed by atoms with E-state index in [1.807, 2.05) is 19.1 Å². The van der Waals surface area contributed by atoms with E-state index in [0.717, 1.165) is 22.2 Å².